The fraction of sp³-hybridized carbons (Fsp3) is 0.615. The first-order valence-corrected chi connectivity index (χ1v) is 6.26. The van der Waals surface area contributed by atoms with Crippen molar-refractivity contribution in [1.29, 1.82) is 0 Å². The second kappa shape index (κ2) is 5.88. The van der Waals surface area contributed by atoms with Gasteiger partial charge in [-0.05, 0) is 37.3 Å². The van der Waals surface area contributed by atoms with Crippen LogP contribution in [0.5, 0.6) is 0 Å². The summed E-state index contributed by atoms with van der Waals surface area (Å²) in [5, 5.41) is 9.98. The van der Waals surface area contributed by atoms with E-state index in [-0.39, 0.29) is 0 Å². The molecule has 1 unspecified atom stereocenters. The van der Waals surface area contributed by atoms with Crippen molar-refractivity contribution in [2.45, 2.75) is 31.5 Å². The van der Waals surface area contributed by atoms with Crippen molar-refractivity contribution in [3.8, 4) is 0 Å². The zero-order valence-corrected chi connectivity index (χ0v) is 10.4. The molecule has 19 heavy (non-hydrogen) atoms. The molecule has 0 radical (unpaired) electrons. The highest BCUT2D eigenvalue weighted by Gasteiger charge is 2.31. The highest BCUT2D eigenvalue weighted by atomic mass is 19.4. The van der Waals surface area contributed by atoms with E-state index in [1.807, 2.05) is 0 Å². The summed E-state index contributed by atoms with van der Waals surface area (Å²) in [6.07, 6.45) is -2.18. The third-order valence-electron chi connectivity index (χ3n) is 3.35. The molecule has 2 heterocycles. The van der Waals surface area contributed by atoms with E-state index >= 15 is 0 Å². The van der Waals surface area contributed by atoms with Crippen LogP contribution in [0.3, 0.4) is 0 Å². The summed E-state index contributed by atoms with van der Waals surface area (Å²) in [6.45, 7) is 1.36. The van der Waals surface area contributed by atoms with Gasteiger partial charge in [-0.3, -0.25) is 4.98 Å². The number of aliphatic hydroxyl groups excluding tert-OH is 1. The fourth-order valence-corrected chi connectivity index (χ4v) is 2.19. The van der Waals surface area contributed by atoms with Crippen LogP contribution in [-0.4, -0.2) is 23.3 Å². The minimum absolute atomic E-state index is 0.291. The van der Waals surface area contributed by atoms with E-state index in [2.05, 4.69) is 4.98 Å². The molecular weight excluding hydrogens is 259 g/mol. The third kappa shape index (κ3) is 3.91. The Hall–Kier alpha value is -1.14. The number of aromatic nitrogens is 1. The Labute approximate surface area is 109 Å². The molecule has 0 saturated carbocycles. The molecule has 1 aliphatic heterocycles. The van der Waals surface area contributed by atoms with Gasteiger partial charge in [0.1, 0.15) is 0 Å². The Balaban J connectivity index is 1.97. The molecule has 2 rings (SSSR count). The lowest BCUT2D eigenvalue weighted by atomic mass is 9.92. The molecule has 0 spiro atoms. The predicted molar refractivity (Wildman–Crippen MR) is 62.4 cm³/mol. The highest BCUT2D eigenvalue weighted by Crippen LogP contribution is 2.30. The van der Waals surface area contributed by atoms with E-state index in [0.717, 1.165) is 25.1 Å². The lowest BCUT2D eigenvalue weighted by molar-refractivity contribution is -0.137. The van der Waals surface area contributed by atoms with Gasteiger partial charge in [-0.25, -0.2) is 0 Å². The first-order valence-electron chi connectivity index (χ1n) is 6.26. The number of ether oxygens (including phenoxy) is 1. The summed E-state index contributed by atoms with van der Waals surface area (Å²) in [5.41, 5.74) is -0.506. The number of nitrogens with zero attached hydrogens (tertiary/aromatic N) is 1. The maximum absolute atomic E-state index is 12.4. The van der Waals surface area contributed by atoms with Crippen molar-refractivity contribution in [2.75, 3.05) is 13.2 Å². The molecule has 1 fully saturated rings. The summed E-state index contributed by atoms with van der Waals surface area (Å²) in [7, 11) is 0. The average Bonchev–Trinajstić information content (AvgIpc) is 2.39. The Morgan fingerprint density at radius 2 is 2.00 bits per heavy atom. The molecular formula is C13H16F3NO2. The van der Waals surface area contributed by atoms with E-state index in [4.69, 9.17) is 4.74 Å². The highest BCUT2D eigenvalue weighted by molar-refractivity contribution is 5.18. The first-order chi connectivity index (χ1) is 8.97. The van der Waals surface area contributed by atoms with Gasteiger partial charge in [-0.15, -0.1) is 0 Å². The van der Waals surface area contributed by atoms with Crippen molar-refractivity contribution in [3.05, 3.63) is 29.6 Å². The zero-order valence-electron chi connectivity index (χ0n) is 10.4. The molecule has 3 nitrogen and oxygen atoms in total. The van der Waals surface area contributed by atoms with Gasteiger partial charge in [-0.2, -0.15) is 13.2 Å². The number of alkyl halides is 3. The number of aliphatic hydroxyl groups is 1. The van der Waals surface area contributed by atoms with Crippen molar-refractivity contribution < 1.29 is 23.0 Å². The van der Waals surface area contributed by atoms with Crippen molar-refractivity contribution in [1.82, 2.24) is 4.98 Å². The van der Waals surface area contributed by atoms with Crippen LogP contribution in [-0.2, 0) is 10.9 Å². The van der Waals surface area contributed by atoms with Gasteiger partial charge in [-0.1, -0.05) is 0 Å². The first kappa shape index (κ1) is 14.3. The molecule has 106 valence electrons. The second-order valence-electron chi connectivity index (χ2n) is 4.78. The topological polar surface area (TPSA) is 42.4 Å². The van der Waals surface area contributed by atoms with Gasteiger partial charge < -0.3 is 9.84 Å². The molecule has 0 amide bonds. The third-order valence-corrected chi connectivity index (χ3v) is 3.35. The van der Waals surface area contributed by atoms with Crippen LogP contribution in [0.4, 0.5) is 13.2 Å². The molecule has 1 aliphatic rings. The van der Waals surface area contributed by atoms with Gasteiger partial charge >= 0.3 is 6.18 Å². The summed E-state index contributed by atoms with van der Waals surface area (Å²) in [6, 6.07) is 2.20. The van der Waals surface area contributed by atoms with Crippen molar-refractivity contribution in [2.24, 2.45) is 5.92 Å². The van der Waals surface area contributed by atoms with Gasteiger partial charge in [0.25, 0.3) is 0 Å². The predicted octanol–water partition coefficient (Wildman–Crippen LogP) is 2.95. The average molecular weight is 275 g/mol. The van der Waals surface area contributed by atoms with E-state index < -0.39 is 17.8 Å². The zero-order chi connectivity index (χ0) is 13.9. The number of halogens is 3. The maximum Gasteiger partial charge on any atom is 0.417 e. The monoisotopic (exact) mass is 275 g/mol. The van der Waals surface area contributed by atoms with E-state index in [1.165, 1.54) is 6.07 Å². The molecule has 1 aromatic rings. The molecule has 1 aromatic heterocycles. The maximum atomic E-state index is 12.4. The Morgan fingerprint density at radius 1 is 1.32 bits per heavy atom. The molecule has 0 aliphatic carbocycles. The second-order valence-corrected chi connectivity index (χ2v) is 4.78. The van der Waals surface area contributed by atoms with E-state index in [1.54, 1.807) is 0 Å². The SMILES string of the molecule is OC(CC1CCOCC1)c1ccc(C(F)(F)F)cn1. The van der Waals surface area contributed by atoms with Crippen LogP contribution in [0.25, 0.3) is 0 Å². The summed E-state index contributed by atoms with van der Waals surface area (Å²) < 4.78 is 42.3. The van der Waals surface area contributed by atoms with Crippen LogP contribution in [0, 0.1) is 5.92 Å². The van der Waals surface area contributed by atoms with Crippen molar-refractivity contribution >= 4 is 0 Å². The smallest absolute Gasteiger partial charge is 0.387 e. The molecule has 1 atom stereocenters. The lowest BCUT2D eigenvalue weighted by Gasteiger charge is -2.24. The van der Waals surface area contributed by atoms with Crippen LogP contribution >= 0.6 is 0 Å². The largest absolute Gasteiger partial charge is 0.417 e. The van der Waals surface area contributed by atoms with Gasteiger partial charge in [0, 0.05) is 19.4 Å². The number of rotatable bonds is 3. The molecule has 1 N–H and O–H groups in total. The number of hydrogen-bond donors (Lipinski definition) is 1. The Kier molecular flexibility index (Phi) is 4.42. The normalized spacial score (nSPS) is 19.4. The van der Waals surface area contributed by atoms with Gasteiger partial charge in [0.15, 0.2) is 0 Å². The molecule has 0 aromatic carbocycles. The van der Waals surface area contributed by atoms with Gasteiger partial charge in [0.2, 0.25) is 0 Å². The van der Waals surface area contributed by atoms with E-state index in [9.17, 15) is 18.3 Å². The molecule has 6 heteroatoms. The van der Waals surface area contributed by atoms with Crippen LogP contribution < -0.4 is 0 Å². The quantitative estimate of drug-likeness (QED) is 0.922. The lowest BCUT2D eigenvalue weighted by Crippen LogP contribution is -2.18. The number of pyridine rings is 1. The molecule has 0 bridgehead atoms. The minimum Gasteiger partial charge on any atom is -0.387 e. The molecule has 1 saturated heterocycles. The number of hydrogen-bond acceptors (Lipinski definition) is 3. The van der Waals surface area contributed by atoms with Crippen LogP contribution in [0.15, 0.2) is 18.3 Å². The Bertz CT molecular complexity index is 399. The van der Waals surface area contributed by atoms with Crippen LogP contribution in [0.2, 0.25) is 0 Å². The summed E-state index contributed by atoms with van der Waals surface area (Å²) in [4.78, 5) is 3.71. The summed E-state index contributed by atoms with van der Waals surface area (Å²) >= 11 is 0. The minimum atomic E-state index is -4.39. The van der Waals surface area contributed by atoms with Gasteiger partial charge in [0.05, 0.1) is 17.4 Å². The Morgan fingerprint density at radius 3 is 2.53 bits per heavy atom. The van der Waals surface area contributed by atoms with Crippen molar-refractivity contribution in [3.63, 3.8) is 0 Å². The summed E-state index contributed by atoms with van der Waals surface area (Å²) in [5.74, 6) is 0.341. The van der Waals surface area contributed by atoms with E-state index in [0.29, 0.717) is 31.2 Å². The fourth-order valence-electron chi connectivity index (χ4n) is 2.19. The standard InChI is InChI=1S/C13H16F3NO2/c14-13(15,16)10-1-2-11(17-8-10)12(18)7-9-3-5-19-6-4-9/h1-2,8-9,12,18H,3-7H2. The van der Waals surface area contributed by atoms with Crippen LogP contribution in [0.1, 0.15) is 36.6 Å².